The molecule has 1 unspecified atom stereocenters. The highest BCUT2D eigenvalue weighted by molar-refractivity contribution is 6.07. The van der Waals surface area contributed by atoms with Crippen LogP contribution in [0.5, 0.6) is 11.5 Å². The summed E-state index contributed by atoms with van der Waals surface area (Å²) in [5.74, 6) is -2.01. The number of carbonyl (C=O) groups is 2. The van der Waals surface area contributed by atoms with Crippen LogP contribution in [0.2, 0.25) is 0 Å². The molecule has 0 bridgehead atoms. The van der Waals surface area contributed by atoms with Crippen molar-refractivity contribution in [3.8, 4) is 11.5 Å². The molecular formula is C20H19F2N5O4. The van der Waals surface area contributed by atoms with Gasteiger partial charge in [-0.15, -0.1) is 0 Å². The van der Waals surface area contributed by atoms with E-state index in [4.69, 9.17) is 9.47 Å². The number of hydrazone groups is 1. The number of methoxy groups -OCH3 is 2. The van der Waals surface area contributed by atoms with E-state index >= 15 is 0 Å². The Morgan fingerprint density at radius 1 is 1.16 bits per heavy atom. The molecule has 1 aliphatic heterocycles. The van der Waals surface area contributed by atoms with Gasteiger partial charge in [0.15, 0.2) is 23.1 Å². The smallest absolute Gasteiger partial charge is 0.252 e. The van der Waals surface area contributed by atoms with Crippen molar-refractivity contribution in [3.63, 3.8) is 0 Å². The second-order valence-electron chi connectivity index (χ2n) is 6.35. The molecule has 2 aromatic carbocycles. The molecule has 1 atom stereocenters. The molecule has 0 aromatic heterocycles. The third-order valence-corrected chi connectivity index (χ3v) is 4.20. The van der Waals surface area contributed by atoms with E-state index in [9.17, 15) is 18.4 Å². The maximum Gasteiger partial charge on any atom is 0.252 e. The number of amides is 2. The zero-order valence-electron chi connectivity index (χ0n) is 16.6. The molecule has 1 heterocycles. The Bertz CT molecular complexity index is 1060. The quantitative estimate of drug-likeness (QED) is 0.457. The van der Waals surface area contributed by atoms with Gasteiger partial charge in [0.05, 0.1) is 26.9 Å². The van der Waals surface area contributed by atoms with Gasteiger partial charge in [0.25, 0.3) is 5.91 Å². The highest BCUT2D eigenvalue weighted by Crippen LogP contribution is 2.26. The summed E-state index contributed by atoms with van der Waals surface area (Å²) < 4.78 is 36.5. The van der Waals surface area contributed by atoms with Crippen LogP contribution in [0.1, 0.15) is 12.0 Å². The summed E-state index contributed by atoms with van der Waals surface area (Å²) in [5, 5.41) is 8.85. The SMILES string of the molecule is COc1ccc(C=NNC2=NC(CC(=O)Nc3ccc(F)c(F)c3)C(=O)N2)cc1OC. The molecule has 0 saturated carbocycles. The Hall–Kier alpha value is -4.02. The second kappa shape index (κ2) is 9.65. The highest BCUT2D eigenvalue weighted by atomic mass is 19.2. The van der Waals surface area contributed by atoms with Crippen LogP contribution < -0.4 is 25.5 Å². The number of hydrogen-bond donors (Lipinski definition) is 3. The van der Waals surface area contributed by atoms with Crippen LogP contribution in [-0.2, 0) is 9.59 Å². The third-order valence-electron chi connectivity index (χ3n) is 4.20. The minimum Gasteiger partial charge on any atom is -0.493 e. The molecule has 3 N–H and O–H groups in total. The predicted octanol–water partition coefficient (Wildman–Crippen LogP) is 1.79. The van der Waals surface area contributed by atoms with Crippen LogP contribution in [0.15, 0.2) is 46.5 Å². The molecule has 2 amide bonds. The minimum absolute atomic E-state index is 0.0733. The van der Waals surface area contributed by atoms with E-state index in [1.165, 1.54) is 26.5 Å². The van der Waals surface area contributed by atoms with Crippen molar-refractivity contribution in [2.75, 3.05) is 19.5 Å². The minimum atomic E-state index is -1.09. The van der Waals surface area contributed by atoms with Crippen molar-refractivity contribution in [3.05, 3.63) is 53.6 Å². The number of benzene rings is 2. The molecule has 0 saturated heterocycles. The van der Waals surface area contributed by atoms with E-state index < -0.39 is 29.5 Å². The van der Waals surface area contributed by atoms with Gasteiger partial charge in [-0.2, -0.15) is 5.10 Å². The van der Waals surface area contributed by atoms with Crippen LogP contribution >= 0.6 is 0 Å². The normalized spacial score (nSPS) is 15.4. The third kappa shape index (κ3) is 5.53. The number of rotatable bonds is 7. The number of guanidine groups is 1. The number of aliphatic imine (C=N–C) groups is 1. The number of nitrogens with one attached hydrogen (secondary N) is 3. The molecule has 11 heteroatoms. The van der Waals surface area contributed by atoms with Gasteiger partial charge < -0.3 is 14.8 Å². The molecule has 9 nitrogen and oxygen atoms in total. The monoisotopic (exact) mass is 431 g/mol. The Labute approximate surface area is 176 Å². The molecule has 0 aliphatic carbocycles. The van der Waals surface area contributed by atoms with E-state index in [2.05, 4.69) is 26.2 Å². The lowest BCUT2D eigenvalue weighted by Gasteiger charge is -2.07. The number of nitrogens with zero attached hydrogens (tertiary/aromatic N) is 2. The summed E-state index contributed by atoms with van der Waals surface area (Å²) in [4.78, 5) is 28.2. The average Bonchev–Trinajstić information content (AvgIpc) is 3.09. The molecular weight excluding hydrogens is 412 g/mol. The molecule has 0 radical (unpaired) electrons. The van der Waals surface area contributed by atoms with Crippen molar-refractivity contribution in [2.24, 2.45) is 10.1 Å². The first-order chi connectivity index (χ1) is 14.9. The summed E-state index contributed by atoms with van der Waals surface area (Å²) in [7, 11) is 3.05. The molecule has 31 heavy (non-hydrogen) atoms. The van der Waals surface area contributed by atoms with Crippen molar-refractivity contribution >= 4 is 29.7 Å². The molecule has 1 aliphatic rings. The largest absolute Gasteiger partial charge is 0.493 e. The van der Waals surface area contributed by atoms with Gasteiger partial charge in [-0.25, -0.2) is 19.2 Å². The molecule has 3 rings (SSSR count). The average molecular weight is 431 g/mol. The summed E-state index contributed by atoms with van der Waals surface area (Å²) in [5.41, 5.74) is 3.36. The van der Waals surface area contributed by atoms with Crippen LogP contribution in [0, 0.1) is 11.6 Å². The fraction of sp³-hybridized carbons (Fsp3) is 0.200. The number of halogens is 2. The maximum atomic E-state index is 13.2. The number of anilines is 1. The molecule has 2 aromatic rings. The van der Waals surface area contributed by atoms with Crippen molar-refractivity contribution in [1.29, 1.82) is 0 Å². The number of carbonyl (C=O) groups excluding carboxylic acids is 2. The summed E-state index contributed by atoms with van der Waals surface area (Å²) in [6.07, 6.45) is 1.20. The summed E-state index contributed by atoms with van der Waals surface area (Å²) in [6, 6.07) is 7.16. The Kier molecular flexibility index (Phi) is 6.75. The lowest BCUT2D eigenvalue weighted by Crippen LogP contribution is -2.35. The van der Waals surface area contributed by atoms with Crippen LogP contribution in [0.3, 0.4) is 0 Å². The zero-order chi connectivity index (χ0) is 22.4. The van der Waals surface area contributed by atoms with Gasteiger partial charge in [-0.3, -0.25) is 14.9 Å². The van der Waals surface area contributed by atoms with E-state index in [1.54, 1.807) is 18.2 Å². The number of ether oxygens (including phenoxy) is 2. The topological polar surface area (TPSA) is 113 Å². The molecule has 0 fully saturated rings. The van der Waals surface area contributed by atoms with Gasteiger partial charge in [0.1, 0.15) is 6.04 Å². The first-order valence-electron chi connectivity index (χ1n) is 9.04. The van der Waals surface area contributed by atoms with Crippen molar-refractivity contribution < 1.29 is 27.8 Å². The fourth-order valence-corrected chi connectivity index (χ4v) is 2.70. The summed E-state index contributed by atoms with van der Waals surface area (Å²) in [6.45, 7) is 0. The second-order valence-corrected chi connectivity index (χ2v) is 6.35. The standard InChI is InChI=1S/C20H19F2N5O4/c1-30-16-6-3-11(7-17(16)31-2)10-23-27-20-25-15(19(29)26-20)9-18(28)24-12-4-5-13(21)14(22)8-12/h3-8,10,15H,9H2,1-2H3,(H,24,28)(H2,25,26,27,29). The Balaban J connectivity index is 1.56. The van der Waals surface area contributed by atoms with Crippen LogP contribution in [0.4, 0.5) is 14.5 Å². The zero-order valence-corrected chi connectivity index (χ0v) is 16.6. The van der Waals surface area contributed by atoms with Gasteiger partial charge in [-0.05, 0) is 35.9 Å². The summed E-state index contributed by atoms with van der Waals surface area (Å²) >= 11 is 0. The lowest BCUT2D eigenvalue weighted by atomic mass is 10.2. The van der Waals surface area contributed by atoms with Gasteiger partial charge in [0.2, 0.25) is 11.9 Å². The first kappa shape index (κ1) is 21.7. The lowest BCUT2D eigenvalue weighted by molar-refractivity contribution is -0.123. The maximum absolute atomic E-state index is 13.2. The Morgan fingerprint density at radius 3 is 2.65 bits per heavy atom. The highest BCUT2D eigenvalue weighted by Gasteiger charge is 2.28. The van der Waals surface area contributed by atoms with Crippen LogP contribution in [0.25, 0.3) is 0 Å². The van der Waals surface area contributed by atoms with E-state index in [-0.39, 0.29) is 18.1 Å². The van der Waals surface area contributed by atoms with Gasteiger partial charge >= 0.3 is 0 Å². The predicted molar refractivity (Wildman–Crippen MR) is 109 cm³/mol. The fourth-order valence-electron chi connectivity index (χ4n) is 2.70. The van der Waals surface area contributed by atoms with E-state index in [1.807, 2.05) is 0 Å². The van der Waals surface area contributed by atoms with Crippen LogP contribution in [-0.4, -0.2) is 44.2 Å². The van der Waals surface area contributed by atoms with Crippen molar-refractivity contribution in [2.45, 2.75) is 12.5 Å². The van der Waals surface area contributed by atoms with Gasteiger partial charge in [0, 0.05) is 11.8 Å². The van der Waals surface area contributed by atoms with E-state index in [0.29, 0.717) is 17.1 Å². The molecule has 162 valence electrons. The molecule has 0 spiro atoms. The number of hydrogen-bond acceptors (Lipinski definition) is 7. The Morgan fingerprint density at radius 2 is 1.94 bits per heavy atom. The van der Waals surface area contributed by atoms with Crippen molar-refractivity contribution in [1.82, 2.24) is 10.7 Å². The first-order valence-corrected chi connectivity index (χ1v) is 9.04. The van der Waals surface area contributed by atoms with E-state index in [0.717, 1.165) is 12.1 Å². The van der Waals surface area contributed by atoms with Gasteiger partial charge in [-0.1, -0.05) is 0 Å².